The highest BCUT2D eigenvalue weighted by Crippen LogP contribution is 2.31. The lowest BCUT2D eigenvalue weighted by Gasteiger charge is -2.26. The largest absolute Gasteiger partial charge is 0.497 e. The second kappa shape index (κ2) is 7.59. The fourth-order valence-corrected chi connectivity index (χ4v) is 2.91. The SMILES string of the molecule is COc1ccc2c(c1)OC[C@@H](CNC(=O)c1c(OC)ccc(F)c1F)C2. The molecule has 0 spiro atoms. The minimum absolute atomic E-state index is 0.0151. The molecule has 1 N–H and O–H groups in total. The van der Waals surface area contributed by atoms with Gasteiger partial charge in [-0.25, -0.2) is 8.78 Å². The number of fused-ring (bicyclic) bond motifs is 1. The standard InChI is InChI=1S/C19H19F2NO4/c1-24-13-4-3-12-7-11(10-26-16(12)8-13)9-22-19(23)17-15(25-2)6-5-14(20)18(17)21/h3-6,8,11H,7,9-10H2,1-2H3,(H,22,23)/t11-/m1/s1. The Hall–Kier alpha value is -2.83. The minimum Gasteiger partial charge on any atom is -0.497 e. The van der Waals surface area contributed by atoms with Gasteiger partial charge in [0.05, 0.1) is 20.8 Å². The Morgan fingerprint density at radius 2 is 2.04 bits per heavy atom. The summed E-state index contributed by atoms with van der Waals surface area (Å²) in [5.41, 5.74) is 0.570. The molecule has 0 radical (unpaired) electrons. The maximum absolute atomic E-state index is 14.0. The quantitative estimate of drug-likeness (QED) is 0.887. The summed E-state index contributed by atoms with van der Waals surface area (Å²) < 4.78 is 43.3. The molecule has 0 unspecified atom stereocenters. The van der Waals surface area contributed by atoms with Gasteiger partial charge in [0, 0.05) is 18.5 Å². The first-order valence-corrected chi connectivity index (χ1v) is 8.13. The molecule has 1 aliphatic heterocycles. The molecule has 0 aromatic heterocycles. The van der Waals surface area contributed by atoms with Gasteiger partial charge in [0.1, 0.15) is 22.8 Å². The summed E-state index contributed by atoms with van der Waals surface area (Å²) in [6.07, 6.45) is 0.697. The van der Waals surface area contributed by atoms with Gasteiger partial charge in [-0.05, 0) is 30.2 Å². The van der Waals surface area contributed by atoms with Crippen LogP contribution in [-0.4, -0.2) is 33.3 Å². The zero-order chi connectivity index (χ0) is 18.7. The Balaban J connectivity index is 1.67. The van der Waals surface area contributed by atoms with Crippen molar-refractivity contribution in [2.45, 2.75) is 6.42 Å². The first kappa shape index (κ1) is 18.0. The Kier molecular flexibility index (Phi) is 5.25. The number of benzene rings is 2. The smallest absolute Gasteiger partial charge is 0.258 e. The van der Waals surface area contributed by atoms with E-state index in [2.05, 4.69) is 5.32 Å². The summed E-state index contributed by atoms with van der Waals surface area (Å²) in [5, 5.41) is 2.63. The van der Waals surface area contributed by atoms with Crippen molar-refractivity contribution in [3.63, 3.8) is 0 Å². The van der Waals surface area contributed by atoms with Gasteiger partial charge in [-0.2, -0.15) is 0 Å². The highest BCUT2D eigenvalue weighted by atomic mass is 19.2. The molecule has 2 aromatic carbocycles. The number of halogens is 2. The predicted octanol–water partition coefficient (Wildman–Crippen LogP) is 2.96. The lowest BCUT2D eigenvalue weighted by atomic mass is 9.96. The van der Waals surface area contributed by atoms with Crippen LogP contribution in [0.15, 0.2) is 30.3 Å². The van der Waals surface area contributed by atoms with Crippen LogP contribution in [0.2, 0.25) is 0 Å². The fraction of sp³-hybridized carbons (Fsp3) is 0.316. The van der Waals surface area contributed by atoms with Crippen LogP contribution in [-0.2, 0) is 6.42 Å². The molecule has 7 heteroatoms. The summed E-state index contributed by atoms with van der Waals surface area (Å²) in [6, 6.07) is 7.72. The van der Waals surface area contributed by atoms with Crippen LogP contribution in [0, 0.1) is 17.6 Å². The van der Waals surface area contributed by atoms with Gasteiger partial charge in [0.2, 0.25) is 0 Å². The highest BCUT2D eigenvalue weighted by Gasteiger charge is 2.24. The van der Waals surface area contributed by atoms with E-state index in [0.717, 1.165) is 17.4 Å². The van der Waals surface area contributed by atoms with E-state index in [9.17, 15) is 13.6 Å². The molecule has 138 valence electrons. The average molecular weight is 363 g/mol. The van der Waals surface area contributed by atoms with Crippen LogP contribution in [0.1, 0.15) is 15.9 Å². The Morgan fingerprint density at radius 3 is 2.77 bits per heavy atom. The number of methoxy groups -OCH3 is 2. The molecule has 3 rings (SSSR count). The Morgan fingerprint density at radius 1 is 1.23 bits per heavy atom. The lowest BCUT2D eigenvalue weighted by Crippen LogP contribution is -2.35. The Labute approximate surface area is 149 Å². The van der Waals surface area contributed by atoms with Gasteiger partial charge in [-0.1, -0.05) is 6.07 Å². The monoisotopic (exact) mass is 363 g/mol. The molecule has 2 aromatic rings. The summed E-state index contributed by atoms with van der Waals surface area (Å²) in [4.78, 5) is 12.3. The average Bonchev–Trinajstić information content (AvgIpc) is 2.67. The highest BCUT2D eigenvalue weighted by molar-refractivity contribution is 5.97. The molecule has 0 aliphatic carbocycles. The van der Waals surface area contributed by atoms with Crippen molar-refractivity contribution < 1.29 is 27.8 Å². The number of ether oxygens (including phenoxy) is 3. The predicted molar refractivity (Wildman–Crippen MR) is 90.9 cm³/mol. The van der Waals surface area contributed by atoms with Gasteiger partial charge < -0.3 is 19.5 Å². The number of rotatable bonds is 5. The third kappa shape index (κ3) is 3.56. The first-order chi connectivity index (χ1) is 12.5. The van der Waals surface area contributed by atoms with Crippen LogP contribution >= 0.6 is 0 Å². The number of hydrogen-bond donors (Lipinski definition) is 1. The van der Waals surface area contributed by atoms with E-state index in [1.807, 2.05) is 18.2 Å². The topological polar surface area (TPSA) is 56.8 Å². The normalized spacial score (nSPS) is 15.6. The lowest BCUT2D eigenvalue weighted by molar-refractivity contribution is 0.0930. The van der Waals surface area contributed by atoms with E-state index < -0.39 is 23.1 Å². The third-order valence-electron chi connectivity index (χ3n) is 4.31. The summed E-state index contributed by atoms with van der Waals surface area (Å²) in [7, 11) is 2.88. The van der Waals surface area contributed by atoms with Crippen LogP contribution in [0.25, 0.3) is 0 Å². The van der Waals surface area contributed by atoms with Gasteiger partial charge in [-0.15, -0.1) is 0 Å². The molecule has 1 atom stereocenters. The maximum Gasteiger partial charge on any atom is 0.258 e. The molecule has 1 aliphatic rings. The molecular weight excluding hydrogens is 344 g/mol. The van der Waals surface area contributed by atoms with Crippen LogP contribution in [0.3, 0.4) is 0 Å². The molecule has 0 saturated carbocycles. The van der Waals surface area contributed by atoms with Gasteiger partial charge in [0.25, 0.3) is 5.91 Å². The first-order valence-electron chi connectivity index (χ1n) is 8.13. The molecule has 1 heterocycles. The van der Waals surface area contributed by atoms with Crippen molar-refractivity contribution in [3.8, 4) is 17.2 Å². The minimum atomic E-state index is -1.22. The van der Waals surface area contributed by atoms with E-state index in [1.54, 1.807) is 7.11 Å². The summed E-state index contributed by atoms with van der Waals surface area (Å²) in [5.74, 6) is -1.58. The second-order valence-corrected chi connectivity index (χ2v) is 6.00. The molecule has 0 fully saturated rings. The van der Waals surface area contributed by atoms with Crippen molar-refractivity contribution in [3.05, 3.63) is 53.1 Å². The van der Waals surface area contributed by atoms with Gasteiger partial charge >= 0.3 is 0 Å². The van der Waals surface area contributed by atoms with Crippen molar-refractivity contribution in [1.82, 2.24) is 5.32 Å². The number of amides is 1. The molecule has 0 bridgehead atoms. The van der Waals surface area contributed by atoms with Crippen molar-refractivity contribution >= 4 is 5.91 Å². The molecule has 1 amide bonds. The van der Waals surface area contributed by atoms with E-state index in [0.29, 0.717) is 18.8 Å². The van der Waals surface area contributed by atoms with E-state index in [1.165, 1.54) is 13.2 Å². The Bertz CT molecular complexity index is 825. The van der Waals surface area contributed by atoms with E-state index in [4.69, 9.17) is 14.2 Å². The number of hydrogen-bond acceptors (Lipinski definition) is 4. The zero-order valence-corrected chi connectivity index (χ0v) is 14.5. The van der Waals surface area contributed by atoms with Crippen molar-refractivity contribution in [2.75, 3.05) is 27.4 Å². The van der Waals surface area contributed by atoms with Crippen LogP contribution in [0.4, 0.5) is 8.78 Å². The van der Waals surface area contributed by atoms with Gasteiger partial charge in [-0.3, -0.25) is 4.79 Å². The summed E-state index contributed by atoms with van der Waals surface area (Å²) >= 11 is 0. The molecule has 5 nitrogen and oxygen atoms in total. The van der Waals surface area contributed by atoms with Crippen LogP contribution < -0.4 is 19.5 Å². The fourth-order valence-electron chi connectivity index (χ4n) is 2.91. The van der Waals surface area contributed by atoms with E-state index in [-0.39, 0.29) is 18.2 Å². The number of carbonyl (C=O) groups is 1. The third-order valence-corrected chi connectivity index (χ3v) is 4.31. The van der Waals surface area contributed by atoms with Gasteiger partial charge in [0.15, 0.2) is 11.6 Å². The van der Waals surface area contributed by atoms with Crippen molar-refractivity contribution in [1.29, 1.82) is 0 Å². The number of nitrogens with one attached hydrogen (secondary N) is 1. The molecular formula is C19H19F2NO4. The number of carbonyl (C=O) groups excluding carboxylic acids is 1. The van der Waals surface area contributed by atoms with E-state index >= 15 is 0 Å². The second-order valence-electron chi connectivity index (χ2n) is 6.00. The molecule has 26 heavy (non-hydrogen) atoms. The zero-order valence-electron chi connectivity index (χ0n) is 14.5. The van der Waals surface area contributed by atoms with Crippen LogP contribution in [0.5, 0.6) is 17.2 Å². The molecule has 0 saturated heterocycles. The summed E-state index contributed by atoms with van der Waals surface area (Å²) in [6.45, 7) is 0.673. The maximum atomic E-state index is 14.0. The van der Waals surface area contributed by atoms with Crippen molar-refractivity contribution in [2.24, 2.45) is 5.92 Å².